The molecule has 0 fully saturated rings. The number of anilines is 2. The lowest BCUT2D eigenvalue weighted by molar-refractivity contribution is 0.101. The van der Waals surface area contributed by atoms with Crippen LogP contribution in [0.2, 0.25) is 0 Å². The molecule has 0 unspecified atom stereocenters. The monoisotopic (exact) mass is 572 g/mol. The van der Waals surface area contributed by atoms with Crippen LogP contribution in [0.25, 0.3) is 0 Å². The Bertz CT molecular complexity index is 1640. The molecule has 2 aliphatic carbocycles. The molecule has 2 aliphatic rings. The summed E-state index contributed by atoms with van der Waals surface area (Å²) < 4.78 is 0. The minimum absolute atomic E-state index is 0.112. The second-order valence-electron chi connectivity index (χ2n) is 9.48. The highest BCUT2D eigenvalue weighted by Crippen LogP contribution is 2.43. The first-order valence-electron chi connectivity index (χ1n) is 12.9. The van der Waals surface area contributed by atoms with Crippen molar-refractivity contribution in [3.05, 3.63) is 103 Å². The average Bonchev–Trinajstić information content (AvgIpc) is 3.62. The topological polar surface area (TPSA) is 150 Å². The average molecular weight is 573 g/mol. The van der Waals surface area contributed by atoms with E-state index in [1.165, 1.54) is 21.6 Å². The maximum atomic E-state index is 13.2. The standard InChI is InChI=1S/C28H24N6O4S2/c35-25(23-15-7-5-11-17(15)31-33-27(23)37)29-19-9-1-3-13-21(19)39-40-22-14-4-2-10-20(22)30-26(36)24-16-8-6-12-18(16)32-34-28(24)38/h1-4,9-10,13-14H,5-8,11-12H2,(H,29,35)(H,30,36)(H,33,37)(H,34,38). The fourth-order valence-corrected chi connectivity index (χ4v) is 7.36. The molecular weight excluding hydrogens is 548 g/mol. The van der Waals surface area contributed by atoms with Gasteiger partial charge in [0.05, 0.1) is 22.8 Å². The van der Waals surface area contributed by atoms with Crippen LogP contribution in [0.3, 0.4) is 0 Å². The molecule has 6 rings (SSSR count). The number of hydrogen-bond donors (Lipinski definition) is 4. The zero-order chi connectivity index (χ0) is 27.6. The fourth-order valence-electron chi connectivity index (χ4n) is 5.09. The minimum Gasteiger partial charge on any atom is -0.321 e. The number of fused-ring (bicyclic) bond motifs is 2. The van der Waals surface area contributed by atoms with E-state index in [1.54, 1.807) is 12.1 Å². The first-order chi connectivity index (χ1) is 19.5. The molecule has 0 atom stereocenters. The van der Waals surface area contributed by atoms with Crippen LogP contribution in [0.15, 0.2) is 67.9 Å². The minimum atomic E-state index is -0.499. The van der Waals surface area contributed by atoms with Gasteiger partial charge in [0.25, 0.3) is 22.9 Å². The Morgan fingerprint density at radius 1 is 0.650 bits per heavy atom. The van der Waals surface area contributed by atoms with E-state index in [9.17, 15) is 19.2 Å². The molecule has 2 amide bonds. The summed E-state index contributed by atoms with van der Waals surface area (Å²) in [5, 5.41) is 18.8. The molecule has 0 aliphatic heterocycles. The van der Waals surface area contributed by atoms with Crippen molar-refractivity contribution >= 4 is 44.8 Å². The molecular formula is C28H24N6O4S2. The second-order valence-corrected chi connectivity index (χ2v) is 11.7. The van der Waals surface area contributed by atoms with Crippen molar-refractivity contribution in [2.45, 2.75) is 48.3 Å². The Kier molecular flexibility index (Phi) is 7.27. The van der Waals surface area contributed by atoms with E-state index in [-0.39, 0.29) is 11.1 Å². The van der Waals surface area contributed by atoms with Gasteiger partial charge in [0.2, 0.25) is 0 Å². The molecule has 2 aromatic heterocycles. The molecule has 12 heteroatoms. The van der Waals surface area contributed by atoms with E-state index >= 15 is 0 Å². The SMILES string of the molecule is O=C(Nc1ccccc1SSc1ccccc1NC(=O)c1c2c(n[nH]c1=O)CCC2)c1c2c(n[nH]c1=O)CCC2. The lowest BCUT2D eigenvalue weighted by Crippen LogP contribution is -2.27. The number of benzene rings is 2. The maximum absolute atomic E-state index is 13.2. The summed E-state index contributed by atoms with van der Waals surface area (Å²) in [6, 6.07) is 14.6. The van der Waals surface area contributed by atoms with E-state index in [4.69, 9.17) is 0 Å². The summed E-state index contributed by atoms with van der Waals surface area (Å²) in [7, 11) is 2.80. The Hall–Kier alpha value is -4.16. The summed E-state index contributed by atoms with van der Waals surface area (Å²) in [4.78, 5) is 52.9. The predicted octanol–water partition coefficient (Wildman–Crippen LogP) is 4.13. The largest absolute Gasteiger partial charge is 0.321 e. The van der Waals surface area contributed by atoms with Crippen molar-refractivity contribution in [1.82, 2.24) is 20.4 Å². The van der Waals surface area contributed by atoms with Gasteiger partial charge < -0.3 is 10.6 Å². The molecule has 40 heavy (non-hydrogen) atoms. The van der Waals surface area contributed by atoms with E-state index < -0.39 is 22.9 Å². The van der Waals surface area contributed by atoms with Gasteiger partial charge in [-0.15, -0.1) is 0 Å². The summed E-state index contributed by atoms with van der Waals surface area (Å²) in [5.74, 6) is -0.940. The van der Waals surface area contributed by atoms with Crippen LogP contribution >= 0.6 is 21.6 Å². The molecule has 2 aromatic carbocycles. The van der Waals surface area contributed by atoms with Gasteiger partial charge in [0.1, 0.15) is 11.1 Å². The molecule has 2 heterocycles. The number of amides is 2. The van der Waals surface area contributed by atoms with Crippen molar-refractivity contribution in [3.8, 4) is 0 Å². The van der Waals surface area contributed by atoms with Gasteiger partial charge in [-0.1, -0.05) is 45.9 Å². The molecule has 0 saturated carbocycles. The highest BCUT2D eigenvalue weighted by atomic mass is 33.1. The van der Waals surface area contributed by atoms with Crippen LogP contribution in [0.4, 0.5) is 11.4 Å². The van der Waals surface area contributed by atoms with Gasteiger partial charge in [0.15, 0.2) is 0 Å². The summed E-state index contributed by atoms with van der Waals surface area (Å²) >= 11 is 0. The molecule has 0 bridgehead atoms. The number of para-hydroxylation sites is 2. The lowest BCUT2D eigenvalue weighted by atomic mass is 10.1. The van der Waals surface area contributed by atoms with Gasteiger partial charge >= 0.3 is 0 Å². The Labute approximate surface area is 236 Å². The third-order valence-electron chi connectivity index (χ3n) is 6.97. The predicted molar refractivity (Wildman–Crippen MR) is 154 cm³/mol. The normalized spacial score (nSPS) is 13.5. The number of aromatic amines is 2. The fraction of sp³-hybridized carbons (Fsp3) is 0.214. The maximum Gasteiger partial charge on any atom is 0.277 e. The quantitative estimate of drug-likeness (QED) is 0.242. The highest BCUT2D eigenvalue weighted by molar-refractivity contribution is 8.76. The number of aryl methyl sites for hydroxylation is 2. The number of carbonyl (C=O) groups is 2. The van der Waals surface area contributed by atoms with Crippen LogP contribution in [0, 0.1) is 0 Å². The van der Waals surface area contributed by atoms with Crippen molar-refractivity contribution in [3.63, 3.8) is 0 Å². The molecule has 0 radical (unpaired) electrons. The van der Waals surface area contributed by atoms with Crippen LogP contribution in [-0.4, -0.2) is 32.2 Å². The van der Waals surface area contributed by atoms with Gasteiger partial charge in [-0.25, -0.2) is 10.2 Å². The van der Waals surface area contributed by atoms with Crippen LogP contribution in [0.1, 0.15) is 56.1 Å². The molecule has 0 saturated heterocycles. The molecule has 10 nitrogen and oxygen atoms in total. The summed E-state index contributed by atoms with van der Waals surface area (Å²) in [5.41, 5.74) is 3.30. The van der Waals surface area contributed by atoms with Crippen LogP contribution < -0.4 is 21.8 Å². The van der Waals surface area contributed by atoms with E-state index in [1.807, 2.05) is 36.4 Å². The van der Waals surface area contributed by atoms with Gasteiger partial charge in [-0.3, -0.25) is 19.2 Å². The number of carbonyl (C=O) groups excluding carboxylic acids is 2. The van der Waals surface area contributed by atoms with Crippen molar-refractivity contribution in [2.75, 3.05) is 10.6 Å². The number of nitrogens with one attached hydrogen (secondary N) is 4. The van der Waals surface area contributed by atoms with Gasteiger partial charge in [-0.2, -0.15) is 10.2 Å². The van der Waals surface area contributed by atoms with Crippen molar-refractivity contribution in [2.24, 2.45) is 0 Å². The van der Waals surface area contributed by atoms with Gasteiger partial charge in [-0.05, 0) is 73.9 Å². The van der Waals surface area contributed by atoms with Crippen molar-refractivity contribution in [1.29, 1.82) is 0 Å². The molecule has 202 valence electrons. The number of rotatable bonds is 7. The third kappa shape index (κ3) is 5.07. The summed E-state index contributed by atoms with van der Waals surface area (Å²) in [6.07, 6.45) is 4.50. The molecule has 0 spiro atoms. The Balaban J connectivity index is 1.20. The number of hydrogen-bond acceptors (Lipinski definition) is 8. The van der Waals surface area contributed by atoms with E-state index in [0.717, 1.165) is 46.9 Å². The van der Waals surface area contributed by atoms with E-state index in [2.05, 4.69) is 31.0 Å². The second kappa shape index (κ2) is 11.1. The van der Waals surface area contributed by atoms with Crippen LogP contribution in [0.5, 0.6) is 0 Å². The Morgan fingerprint density at radius 3 is 1.52 bits per heavy atom. The lowest BCUT2D eigenvalue weighted by Gasteiger charge is -2.14. The first-order valence-corrected chi connectivity index (χ1v) is 15.0. The van der Waals surface area contributed by atoms with Crippen LogP contribution in [-0.2, 0) is 25.7 Å². The summed E-state index contributed by atoms with van der Waals surface area (Å²) in [6.45, 7) is 0. The zero-order valence-corrected chi connectivity index (χ0v) is 22.8. The molecule has 4 aromatic rings. The first kappa shape index (κ1) is 26.1. The van der Waals surface area contributed by atoms with Crippen molar-refractivity contribution < 1.29 is 9.59 Å². The highest BCUT2D eigenvalue weighted by Gasteiger charge is 2.26. The van der Waals surface area contributed by atoms with Gasteiger partial charge in [0, 0.05) is 9.79 Å². The smallest absolute Gasteiger partial charge is 0.277 e. The number of aromatic nitrogens is 4. The number of nitrogens with zero attached hydrogens (tertiary/aromatic N) is 2. The number of H-pyrrole nitrogens is 2. The zero-order valence-electron chi connectivity index (χ0n) is 21.2. The van der Waals surface area contributed by atoms with E-state index in [0.29, 0.717) is 35.3 Å². The third-order valence-corrected chi connectivity index (χ3v) is 9.45. The molecule has 4 N–H and O–H groups in total. The Morgan fingerprint density at radius 2 is 1.07 bits per heavy atom.